The summed E-state index contributed by atoms with van der Waals surface area (Å²) >= 11 is 0. The molecule has 4 bridgehead atoms. The highest BCUT2D eigenvalue weighted by molar-refractivity contribution is 5.87. The van der Waals surface area contributed by atoms with Gasteiger partial charge in [-0.1, -0.05) is 6.58 Å². The second-order valence-corrected chi connectivity index (χ2v) is 5.89. The van der Waals surface area contributed by atoms with Crippen LogP contribution in [0.25, 0.3) is 0 Å². The Hall–Kier alpha value is -0.790. The fourth-order valence-corrected chi connectivity index (χ4v) is 4.58. The maximum atomic E-state index is 11.5. The minimum atomic E-state index is 0.0250. The summed E-state index contributed by atoms with van der Waals surface area (Å²) < 4.78 is 0. The maximum Gasteiger partial charge on any atom is 0.243 e. The van der Waals surface area contributed by atoms with Crippen LogP contribution in [-0.4, -0.2) is 11.4 Å². The lowest BCUT2D eigenvalue weighted by atomic mass is 9.53. The van der Waals surface area contributed by atoms with Crippen molar-refractivity contribution in [1.29, 1.82) is 0 Å². The number of hydrogen-bond donors (Lipinski definition) is 1. The van der Waals surface area contributed by atoms with Crippen LogP contribution in [0.2, 0.25) is 0 Å². The van der Waals surface area contributed by atoms with E-state index in [1.807, 2.05) is 0 Å². The van der Waals surface area contributed by atoms with Crippen molar-refractivity contribution in [3.8, 4) is 0 Å². The molecule has 4 aliphatic carbocycles. The number of hydrogen-bond acceptors (Lipinski definition) is 1. The van der Waals surface area contributed by atoms with Crippen LogP contribution in [0.1, 0.15) is 38.5 Å². The van der Waals surface area contributed by atoms with Crippen LogP contribution < -0.4 is 5.32 Å². The molecule has 82 valence electrons. The van der Waals surface area contributed by atoms with Crippen LogP contribution in [-0.2, 0) is 4.79 Å². The van der Waals surface area contributed by atoms with Gasteiger partial charge in [0.05, 0.1) is 0 Å². The van der Waals surface area contributed by atoms with Gasteiger partial charge in [-0.15, -0.1) is 0 Å². The van der Waals surface area contributed by atoms with Gasteiger partial charge in [-0.3, -0.25) is 4.79 Å². The summed E-state index contributed by atoms with van der Waals surface area (Å²) in [5.74, 6) is 2.70. The second kappa shape index (κ2) is 3.10. The number of carbonyl (C=O) groups excluding carboxylic acids is 1. The van der Waals surface area contributed by atoms with Crippen LogP contribution in [0.3, 0.4) is 0 Å². The minimum Gasteiger partial charge on any atom is -0.347 e. The van der Waals surface area contributed by atoms with E-state index in [9.17, 15) is 4.79 Å². The fourth-order valence-electron chi connectivity index (χ4n) is 4.58. The Morgan fingerprint density at radius 3 is 2.00 bits per heavy atom. The molecule has 0 aromatic carbocycles. The first kappa shape index (κ1) is 9.44. The molecule has 0 saturated heterocycles. The molecule has 4 fully saturated rings. The van der Waals surface area contributed by atoms with E-state index in [2.05, 4.69) is 11.9 Å². The lowest BCUT2D eigenvalue weighted by Gasteiger charge is -2.56. The van der Waals surface area contributed by atoms with Crippen molar-refractivity contribution in [2.45, 2.75) is 44.1 Å². The third kappa shape index (κ3) is 1.51. The van der Waals surface area contributed by atoms with Gasteiger partial charge in [0.2, 0.25) is 5.91 Å². The van der Waals surface area contributed by atoms with Gasteiger partial charge in [-0.25, -0.2) is 0 Å². The van der Waals surface area contributed by atoms with Gasteiger partial charge in [0, 0.05) is 5.54 Å². The lowest BCUT2D eigenvalue weighted by Crippen LogP contribution is -2.59. The largest absolute Gasteiger partial charge is 0.347 e. The van der Waals surface area contributed by atoms with Gasteiger partial charge in [-0.2, -0.15) is 0 Å². The standard InChI is InChI=1S/C13H19NO/c1-2-12(15)14-13-6-9-3-10(7-13)5-11(4-9)8-13/h2,9-11H,1,3-8H2,(H,14,15). The molecule has 4 aliphatic rings. The van der Waals surface area contributed by atoms with E-state index >= 15 is 0 Å². The van der Waals surface area contributed by atoms with Crippen LogP contribution in [0.15, 0.2) is 12.7 Å². The van der Waals surface area contributed by atoms with E-state index in [4.69, 9.17) is 0 Å². The van der Waals surface area contributed by atoms with E-state index < -0.39 is 0 Å². The van der Waals surface area contributed by atoms with Gasteiger partial charge in [0.25, 0.3) is 0 Å². The molecule has 2 nitrogen and oxygen atoms in total. The Balaban J connectivity index is 1.80. The topological polar surface area (TPSA) is 29.1 Å². The minimum absolute atomic E-state index is 0.0250. The average molecular weight is 205 g/mol. The average Bonchev–Trinajstić information content (AvgIpc) is 2.14. The molecule has 0 aliphatic heterocycles. The molecule has 0 atom stereocenters. The predicted octanol–water partition coefficient (Wildman–Crippen LogP) is 2.26. The van der Waals surface area contributed by atoms with E-state index in [1.54, 1.807) is 0 Å². The highest BCUT2D eigenvalue weighted by Gasteiger charge is 2.51. The second-order valence-electron chi connectivity index (χ2n) is 5.89. The molecule has 4 saturated carbocycles. The summed E-state index contributed by atoms with van der Waals surface area (Å²) in [6, 6.07) is 0. The van der Waals surface area contributed by atoms with E-state index in [0.717, 1.165) is 17.8 Å². The SMILES string of the molecule is C=CC(=O)NC12CC3CC(CC(C3)C1)C2. The molecule has 0 radical (unpaired) electrons. The smallest absolute Gasteiger partial charge is 0.243 e. The molecular weight excluding hydrogens is 186 g/mol. The first-order valence-corrected chi connectivity index (χ1v) is 6.14. The molecule has 15 heavy (non-hydrogen) atoms. The summed E-state index contributed by atoms with van der Waals surface area (Å²) in [4.78, 5) is 11.5. The Kier molecular flexibility index (Phi) is 1.95. The number of amides is 1. The number of rotatable bonds is 2. The van der Waals surface area contributed by atoms with Gasteiger partial charge in [0.15, 0.2) is 0 Å². The fraction of sp³-hybridized carbons (Fsp3) is 0.769. The van der Waals surface area contributed by atoms with E-state index in [-0.39, 0.29) is 11.4 Å². The molecule has 0 heterocycles. The van der Waals surface area contributed by atoms with Gasteiger partial charge in [-0.05, 0) is 62.4 Å². The van der Waals surface area contributed by atoms with Gasteiger partial charge < -0.3 is 5.32 Å². The van der Waals surface area contributed by atoms with Crippen molar-refractivity contribution in [2.24, 2.45) is 17.8 Å². The van der Waals surface area contributed by atoms with Gasteiger partial charge >= 0.3 is 0 Å². The molecule has 1 N–H and O–H groups in total. The van der Waals surface area contributed by atoms with E-state index in [0.29, 0.717) is 0 Å². The van der Waals surface area contributed by atoms with Crippen molar-refractivity contribution < 1.29 is 4.79 Å². The highest BCUT2D eigenvalue weighted by atomic mass is 16.1. The third-order valence-electron chi connectivity index (χ3n) is 4.61. The summed E-state index contributed by atoms with van der Waals surface area (Å²) in [7, 11) is 0. The van der Waals surface area contributed by atoms with Crippen molar-refractivity contribution in [3.05, 3.63) is 12.7 Å². The molecular formula is C13H19NO. The molecule has 0 unspecified atom stereocenters. The normalized spacial score (nSPS) is 46.5. The first-order chi connectivity index (χ1) is 7.19. The van der Waals surface area contributed by atoms with Crippen molar-refractivity contribution in [2.75, 3.05) is 0 Å². The Bertz CT molecular complexity index is 272. The first-order valence-electron chi connectivity index (χ1n) is 6.14. The summed E-state index contributed by atoms with van der Waals surface area (Å²) in [6.07, 6.45) is 9.34. The third-order valence-corrected chi connectivity index (χ3v) is 4.61. The Morgan fingerprint density at radius 1 is 1.13 bits per heavy atom. The molecule has 0 aromatic rings. The summed E-state index contributed by atoms with van der Waals surface area (Å²) in [6.45, 7) is 3.55. The zero-order valence-electron chi connectivity index (χ0n) is 9.17. The van der Waals surface area contributed by atoms with Crippen LogP contribution in [0, 0.1) is 17.8 Å². The molecule has 0 spiro atoms. The molecule has 1 amide bonds. The quantitative estimate of drug-likeness (QED) is 0.688. The molecule has 4 rings (SSSR count). The Labute approximate surface area is 91.1 Å². The zero-order valence-corrected chi connectivity index (χ0v) is 9.17. The van der Waals surface area contributed by atoms with E-state index in [1.165, 1.54) is 44.6 Å². The number of nitrogens with one attached hydrogen (secondary N) is 1. The maximum absolute atomic E-state index is 11.5. The van der Waals surface area contributed by atoms with Crippen LogP contribution in [0.4, 0.5) is 0 Å². The van der Waals surface area contributed by atoms with Crippen molar-refractivity contribution in [1.82, 2.24) is 5.32 Å². The highest BCUT2D eigenvalue weighted by Crippen LogP contribution is 2.55. The predicted molar refractivity (Wildman–Crippen MR) is 59.2 cm³/mol. The molecule has 0 aromatic heterocycles. The van der Waals surface area contributed by atoms with Crippen LogP contribution in [0.5, 0.6) is 0 Å². The van der Waals surface area contributed by atoms with Gasteiger partial charge in [0.1, 0.15) is 0 Å². The summed E-state index contributed by atoms with van der Waals surface area (Å²) in [5.41, 5.74) is 0.153. The Morgan fingerprint density at radius 2 is 1.60 bits per heavy atom. The zero-order chi connectivity index (χ0) is 10.5. The molecule has 2 heteroatoms. The lowest BCUT2D eigenvalue weighted by molar-refractivity contribution is -0.122. The summed E-state index contributed by atoms with van der Waals surface area (Å²) in [5, 5.41) is 3.22. The monoisotopic (exact) mass is 205 g/mol. The van der Waals surface area contributed by atoms with Crippen molar-refractivity contribution in [3.63, 3.8) is 0 Å². The number of carbonyl (C=O) groups is 1. The van der Waals surface area contributed by atoms with Crippen molar-refractivity contribution >= 4 is 5.91 Å². The van der Waals surface area contributed by atoms with Crippen LogP contribution >= 0.6 is 0 Å².